The van der Waals surface area contributed by atoms with Gasteiger partial charge in [-0.25, -0.2) is 4.98 Å². The zero-order valence-corrected chi connectivity index (χ0v) is 13.7. The minimum absolute atomic E-state index is 0.0567. The molecule has 1 saturated heterocycles. The van der Waals surface area contributed by atoms with E-state index in [1.807, 2.05) is 25.3 Å². The lowest BCUT2D eigenvalue weighted by molar-refractivity contribution is -0.124. The number of rotatable bonds is 3. The normalized spacial score (nSPS) is 18.2. The van der Waals surface area contributed by atoms with Crippen molar-refractivity contribution in [2.24, 2.45) is 5.92 Å². The van der Waals surface area contributed by atoms with E-state index in [1.165, 1.54) is 0 Å². The number of nitrogens with zero attached hydrogens (tertiary/aromatic N) is 4. The predicted octanol–water partition coefficient (Wildman–Crippen LogP) is 1.62. The summed E-state index contributed by atoms with van der Waals surface area (Å²) in [6.45, 7) is 10.3. The van der Waals surface area contributed by atoms with Gasteiger partial charge in [0.25, 0.3) is 0 Å². The van der Waals surface area contributed by atoms with E-state index >= 15 is 0 Å². The molecule has 0 aromatic carbocycles. The van der Waals surface area contributed by atoms with Gasteiger partial charge in [0.2, 0.25) is 5.91 Å². The summed E-state index contributed by atoms with van der Waals surface area (Å²) in [5, 5.41) is 7.54. The van der Waals surface area contributed by atoms with E-state index in [2.05, 4.69) is 33.3 Å². The van der Waals surface area contributed by atoms with Crippen LogP contribution in [0.5, 0.6) is 0 Å². The van der Waals surface area contributed by atoms with E-state index < -0.39 is 0 Å². The first-order valence-electron chi connectivity index (χ1n) is 7.87. The molecule has 1 amide bonds. The van der Waals surface area contributed by atoms with Crippen molar-refractivity contribution >= 4 is 17.4 Å². The second kappa shape index (κ2) is 5.59. The Labute approximate surface area is 130 Å². The van der Waals surface area contributed by atoms with Gasteiger partial charge in [-0.2, -0.15) is 9.61 Å². The zero-order chi connectivity index (χ0) is 15.9. The van der Waals surface area contributed by atoms with Gasteiger partial charge in [-0.1, -0.05) is 0 Å². The van der Waals surface area contributed by atoms with Gasteiger partial charge < -0.3 is 10.2 Å². The molecule has 2 aromatic heterocycles. The Hall–Kier alpha value is -2.11. The van der Waals surface area contributed by atoms with Crippen molar-refractivity contribution in [3.05, 3.63) is 23.0 Å². The van der Waals surface area contributed by atoms with Crippen molar-refractivity contribution in [2.75, 3.05) is 24.5 Å². The van der Waals surface area contributed by atoms with Crippen LogP contribution in [0.4, 0.5) is 5.82 Å². The molecule has 6 heteroatoms. The summed E-state index contributed by atoms with van der Waals surface area (Å²) in [5.74, 6) is 1.24. The summed E-state index contributed by atoms with van der Waals surface area (Å²) in [4.78, 5) is 18.9. The van der Waals surface area contributed by atoms with E-state index in [-0.39, 0.29) is 11.8 Å². The predicted molar refractivity (Wildman–Crippen MR) is 86.2 cm³/mol. The van der Waals surface area contributed by atoms with Crippen LogP contribution in [0.25, 0.3) is 5.65 Å². The van der Waals surface area contributed by atoms with Crippen LogP contribution in [0.1, 0.15) is 30.3 Å². The minimum Gasteiger partial charge on any atom is -0.356 e. The molecule has 3 heterocycles. The van der Waals surface area contributed by atoms with Gasteiger partial charge in [0.05, 0.1) is 11.6 Å². The fourth-order valence-electron chi connectivity index (χ4n) is 3.06. The number of nitrogens with one attached hydrogen (secondary N) is 1. The first kappa shape index (κ1) is 14.8. The number of hydrogen-bond donors (Lipinski definition) is 1. The molecular weight excluding hydrogens is 278 g/mol. The summed E-state index contributed by atoms with van der Waals surface area (Å²) < 4.78 is 1.91. The average molecular weight is 301 g/mol. The first-order chi connectivity index (χ1) is 10.5. The van der Waals surface area contributed by atoms with Crippen LogP contribution in [0.2, 0.25) is 0 Å². The molecule has 118 valence electrons. The Morgan fingerprint density at radius 2 is 2.18 bits per heavy atom. The molecule has 0 unspecified atom stereocenters. The Morgan fingerprint density at radius 1 is 1.41 bits per heavy atom. The number of anilines is 1. The minimum atomic E-state index is 0.0567. The smallest absolute Gasteiger partial charge is 0.224 e. The molecule has 1 atom stereocenters. The van der Waals surface area contributed by atoms with Crippen LogP contribution >= 0.6 is 0 Å². The molecule has 0 bridgehead atoms. The van der Waals surface area contributed by atoms with Gasteiger partial charge in [-0.3, -0.25) is 4.79 Å². The number of aromatic nitrogens is 3. The van der Waals surface area contributed by atoms with E-state index in [1.54, 1.807) is 0 Å². The van der Waals surface area contributed by atoms with Gasteiger partial charge in [-0.05, 0) is 34.1 Å². The second-order valence-electron chi connectivity index (χ2n) is 6.03. The third kappa shape index (κ3) is 2.42. The Bertz CT molecular complexity index is 721. The van der Waals surface area contributed by atoms with E-state index in [9.17, 15) is 4.79 Å². The molecule has 2 aromatic rings. The maximum Gasteiger partial charge on any atom is 0.224 e. The molecule has 1 aliphatic rings. The van der Waals surface area contributed by atoms with Crippen LogP contribution in [-0.2, 0) is 4.79 Å². The standard InChI is InChI=1S/C16H23N5O/c1-5-17-16(22)13-6-7-20(9-13)14-8-10(2)18-15-11(3)12(4)19-21(14)15/h8,13H,5-7,9H2,1-4H3,(H,17,22)/t13-/m1/s1. The van der Waals surface area contributed by atoms with Crippen LogP contribution in [0, 0.1) is 26.7 Å². The molecule has 0 aliphatic carbocycles. The van der Waals surface area contributed by atoms with Crippen LogP contribution in [-0.4, -0.2) is 40.1 Å². The highest BCUT2D eigenvalue weighted by atomic mass is 16.1. The van der Waals surface area contributed by atoms with Crippen molar-refractivity contribution in [2.45, 2.75) is 34.1 Å². The van der Waals surface area contributed by atoms with Crippen molar-refractivity contribution in [1.29, 1.82) is 0 Å². The molecule has 1 N–H and O–H groups in total. The zero-order valence-electron chi connectivity index (χ0n) is 13.7. The molecule has 6 nitrogen and oxygen atoms in total. The van der Waals surface area contributed by atoms with E-state index in [4.69, 9.17) is 0 Å². The summed E-state index contributed by atoms with van der Waals surface area (Å²) in [6, 6.07) is 2.05. The van der Waals surface area contributed by atoms with Crippen molar-refractivity contribution in [3.63, 3.8) is 0 Å². The maximum absolute atomic E-state index is 12.0. The van der Waals surface area contributed by atoms with Crippen LogP contribution in [0.15, 0.2) is 6.07 Å². The summed E-state index contributed by atoms with van der Waals surface area (Å²) in [7, 11) is 0. The summed E-state index contributed by atoms with van der Waals surface area (Å²) in [5.41, 5.74) is 4.00. The van der Waals surface area contributed by atoms with Gasteiger partial charge >= 0.3 is 0 Å². The molecule has 0 saturated carbocycles. The second-order valence-corrected chi connectivity index (χ2v) is 6.03. The Morgan fingerprint density at radius 3 is 2.91 bits per heavy atom. The molecule has 0 radical (unpaired) electrons. The highest BCUT2D eigenvalue weighted by Gasteiger charge is 2.29. The Kier molecular flexibility index (Phi) is 3.76. The largest absolute Gasteiger partial charge is 0.356 e. The number of amides is 1. The number of carbonyl (C=O) groups is 1. The summed E-state index contributed by atoms with van der Waals surface area (Å²) >= 11 is 0. The highest BCUT2D eigenvalue weighted by molar-refractivity contribution is 5.80. The SMILES string of the molecule is CCNC(=O)[C@@H]1CCN(c2cc(C)nc3c(C)c(C)nn23)C1. The number of carbonyl (C=O) groups excluding carboxylic acids is 1. The van der Waals surface area contributed by atoms with Crippen LogP contribution in [0.3, 0.4) is 0 Å². The number of aryl methyl sites for hydroxylation is 3. The topological polar surface area (TPSA) is 62.5 Å². The van der Waals surface area contributed by atoms with Crippen molar-refractivity contribution in [1.82, 2.24) is 19.9 Å². The van der Waals surface area contributed by atoms with Gasteiger partial charge in [0, 0.05) is 37.0 Å². The molecule has 0 spiro atoms. The highest BCUT2D eigenvalue weighted by Crippen LogP contribution is 2.26. The molecule has 1 fully saturated rings. The lowest BCUT2D eigenvalue weighted by Crippen LogP contribution is -2.33. The third-order valence-corrected chi connectivity index (χ3v) is 4.40. The lowest BCUT2D eigenvalue weighted by Gasteiger charge is -2.20. The van der Waals surface area contributed by atoms with Gasteiger partial charge in [0.1, 0.15) is 5.82 Å². The van der Waals surface area contributed by atoms with Crippen molar-refractivity contribution < 1.29 is 4.79 Å². The van der Waals surface area contributed by atoms with Crippen LogP contribution < -0.4 is 10.2 Å². The fourth-order valence-corrected chi connectivity index (χ4v) is 3.06. The quantitative estimate of drug-likeness (QED) is 0.935. The van der Waals surface area contributed by atoms with E-state index in [0.717, 1.165) is 47.9 Å². The molecule has 22 heavy (non-hydrogen) atoms. The van der Waals surface area contributed by atoms with E-state index in [0.29, 0.717) is 6.54 Å². The van der Waals surface area contributed by atoms with Gasteiger partial charge in [0.15, 0.2) is 5.65 Å². The third-order valence-electron chi connectivity index (χ3n) is 4.40. The molecule has 1 aliphatic heterocycles. The monoisotopic (exact) mass is 301 g/mol. The first-order valence-corrected chi connectivity index (χ1v) is 7.87. The summed E-state index contributed by atoms with van der Waals surface area (Å²) in [6.07, 6.45) is 0.883. The number of fused-ring (bicyclic) bond motifs is 1. The van der Waals surface area contributed by atoms with Gasteiger partial charge in [-0.15, -0.1) is 0 Å². The van der Waals surface area contributed by atoms with Crippen molar-refractivity contribution in [3.8, 4) is 0 Å². The molecular formula is C16H23N5O. The number of hydrogen-bond acceptors (Lipinski definition) is 4. The average Bonchev–Trinajstić information content (AvgIpc) is 3.06. The lowest BCUT2D eigenvalue weighted by atomic mass is 10.1. The Balaban J connectivity index is 1.94. The molecule has 3 rings (SSSR count). The fraction of sp³-hybridized carbons (Fsp3) is 0.562. The maximum atomic E-state index is 12.0.